The first-order chi connectivity index (χ1) is 9.72. The summed E-state index contributed by atoms with van der Waals surface area (Å²) in [7, 11) is 0. The second kappa shape index (κ2) is 5.09. The van der Waals surface area contributed by atoms with Gasteiger partial charge < -0.3 is 9.30 Å². The Hall–Kier alpha value is -2.14. The number of carbonyl (C=O) groups excluding carboxylic acids is 1. The number of rotatable bonds is 3. The Morgan fingerprint density at radius 2 is 2.10 bits per heavy atom. The van der Waals surface area contributed by atoms with E-state index in [0.29, 0.717) is 12.1 Å². The van der Waals surface area contributed by atoms with Crippen molar-refractivity contribution in [3.63, 3.8) is 0 Å². The van der Waals surface area contributed by atoms with Crippen LogP contribution in [0.1, 0.15) is 6.92 Å². The molecule has 0 radical (unpaired) electrons. The lowest BCUT2D eigenvalue weighted by atomic mass is 10.2. The molecule has 0 saturated carbocycles. The van der Waals surface area contributed by atoms with Crippen LogP contribution in [0.15, 0.2) is 40.5 Å². The molecule has 0 N–H and O–H groups in total. The third-order valence-corrected chi connectivity index (χ3v) is 4.08. The van der Waals surface area contributed by atoms with Crippen LogP contribution in [-0.2, 0) is 16.1 Å². The highest BCUT2D eigenvalue weighted by atomic mass is 32.1. The van der Waals surface area contributed by atoms with E-state index in [9.17, 15) is 9.59 Å². The summed E-state index contributed by atoms with van der Waals surface area (Å²) in [5.41, 5.74) is 1.39. The average molecular weight is 287 g/mol. The molecule has 0 spiro atoms. The van der Waals surface area contributed by atoms with Gasteiger partial charge in [-0.1, -0.05) is 18.2 Å². The molecule has 5 heteroatoms. The van der Waals surface area contributed by atoms with Gasteiger partial charge in [0.15, 0.2) is 0 Å². The number of carbonyl (C=O) groups is 1. The number of fused-ring (bicyclic) bond motifs is 3. The second-order valence-corrected chi connectivity index (χ2v) is 5.29. The van der Waals surface area contributed by atoms with Crippen LogP contribution in [0.2, 0.25) is 0 Å². The van der Waals surface area contributed by atoms with Gasteiger partial charge in [-0.05, 0) is 24.4 Å². The molecule has 3 rings (SSSR count). The standard InChI is InChI=1S/C15H13NO3S/c1-2-19-13(18)9-16-11-6-4-3-5-10(11)15-14(16)12(17)7-8-20-15/h3-8H,2,9H2,1H3. The predicted octanol–water partition coefficient (Wildman–Crippen LogP) is 2.78. The Balaban J connectivity index is 2.31. The highest BCUT2D eigenvalue weighted by Crippen LogP contribution is 2.29. The van der Waals surface area contributed by atoms with E-state index >= 15 is 0 Å². The van der Waals surface area contributed by atoms with Crippen LogP contribution in [0.3, 0.4) is 0 Å². The molecule has 0 unspecified atom stereocenters. The topological polar surface area (TPSA) is 48.3 Å². The first kappa shape index (κ1) is 12.9. The Kier molecular flexibility index (Phi) is 3.28. The minimum absolute atomic E-state index is 0.0594. The fourth-order valence-electron chi connectivity index (χ4n) is 2.38. The maximum atomic E-state index is 12.1. The monoisotopic (exact) mass is 287 g/mol. The van der Waals surface area contributed by atoms with Crippen LogP contribution in [0, 0.1) is 0 Å². The Morgan fingerprint density at radius 3 is 2.90 bits per heavy atom. The van der Waals surface area contributed by atoms with Gasteiger partial charge in [-0.3, -0.25) is 9.59 Å². The molecule has 0 amide bonds. The van der Waals surface area contributed by atoms with E-state index in [1.54, 1.807) is 16.9 Å². The largest absolute Gasteiger partial charge is 0.465 e. The van der Waals surface area contributed by atoms with E-state index in [-0.39, 0.29) is 17.9 Å². The maximum Gasteiger partial charge on any atom is 0.325 e. The van der Waals surface area contributed by atoms with Gasteiger partial charge in [0.1, 0.15) is 12.1 Å². The lowest BCUT2D eigenvalue weighted by molar-refractivity contribution is -0.143. The fourth-order valence-corrected chi connectivity index (χ4v) is 3.33. The van der Waals surface area contributed by atoms with Gasteiger partial charge in [-0.2, -0.15) is 0 Å². The summed E-state index contributed by atoms with van der Waals surface area (Å²) in [6, 6.07) is 9.25. The van der Waals surface area contributed by atoms with Gasteiger partial charge in [0.05, 0.1) is 16.8 Å². The van der Waals surface area contributed by atoms with Crippen molar-refractivity contribution in [2.24, 2.45) is 0 Å². The molecular formula is C15H13NO3S. The number of hydrogen-bond acceptors (Lipinski definition) is 4. The molecule has 0 saturated heterocycles. The van der Waals surface area contributed by atoms with E-state index < -0.39 is 0 Å². The average Bonchev–Trinajstić information content (AvgIpc) is 2.76. The Bertz CT molecular complexity index is 847. The van der Waals surface area contributed by atoms with Gasteiger partial charge in [0.25, 0.3) is 0 Å². The first-order valence-corrected chi connectivity index (χ1v) is 7.24. The number of esters is 1. The molecule has 0 aliphatic heterocycles. The molecule has 102 valence electrons. The van der Waals surface area contributed by atoms with Crippen molar-refractivity contribution in [1.82, 2.24) is 4.57 Å². The number of benzene rings is 1. The third-order valence-electron chi connectivity index (χ3n) is 3.16. The van der Waals surface area contributed by atoms with Crippen molar-refractivity contribution < 1.29 is 9.53 Å². The summed E-state index contributed by atoms with van der Waals surface area (Å²) in [6.07, 6.45) is 0. The molecule has 0 aliphatic carbocycles. The van der Waals surface area contributed by atoms with Crippen molar-refractivity contribution in [2.75, 3.05) is 6.61 Å². The fraction of sp³-hybridized carbons (Fsp3) is 0.200. The zero-order chi connectivity index (χ0) is 14.1. The summed E-state index contributed by atoms with van der Waals surface area (Å²) in [5, 5.41) is 2.78. The second-order valence-electron chi connectivity index (χ2n) is 4.37. The van der Waals surface area contributed by atoms with Gasteiger partial charge in [-0.15, -0.1) is 11.3 Å². The number of nitrogens with zero attached hydrogens (tertiary/aromatic N) is 1. The zero-order valence-electron chi connectivity index (χ0n) is 11.0. The molecule has 0 aliphatic rings. The Morgan fingerprint density at radius 1 is 1.30 bits per heavy atom. The van der Waals surface area contributed by atoms with Gasteiger partial charge in [0.2, 0.25) is 5.43 Å². The van der Waals surface area contributed by atoms with E-state index in [0.717, 1.165) is 15.6 Å². The third kappa shape index (κ3) is 2.00. The SMILES string of the molecule is CCOC(=O)Cn1c2ccccc2c2sccc(=O)c21. The summed E-state index contributed by atoms with van der Waals surface area (Å²) in [4.78, 5) is 23.9. The summed E-state index contributed by atoms with van der Waals surface area (Å²) in [5.74, 6) is -0.330. The molecule has 20 heavy (non-hydrogen) atoms. The lowest BCUT2D eigenvalue weighted by Crippen LogP contribution is -2.15. The molecule has 2 aromatic heterocycles. The van der Waals surface area contributed by atoms with E-state index in [4.69, 9.17) is 4.74 Å². The van der Waals surface area contributed by atoms with Crippen molar-refractivity contribution >= 4 is 38.4 Å². The molecule has 0 fully saturated rings. The van der Waals surface area contributed by atoms with Crippen molar-refractivity contribution in [1.29, 1.82) is 0 Å². The Labute approximate surface area is 119 Å². The normalized spacial score (nSPS) is 11.1. The van der Waals surface area contributed by atoms with Crippen LogP contribution >= 0.6 is 11.3 Å². The molecule has 0 bridgehead atoms. The first-order valence-electron chi connectivity index (χ1n) is 6.36. The molecular weight excluding hydrogens is 274 g/mol. The molecule has 4 nitrogen and oxygen atoms in total. The number of aromatic nitrogens is 1. The molecule has 0 atom stereocenters. The van der Waals surface area contributed by atoms with Gasteiger partial charge in [0, 0.05) is 5.39 Å². The lowest BCUT2D eigenvalue weighted by Gasteiger charge is -2.06. The van der Waals surface area contributed by atoms with E-state index in [1.165, 1.54) is 17.4 Å². The van der Waals surface area contributed by atoms with Gasteiger partial charge in [-0.25, -0.2) is 0 Å². The van der Waals surface area contributed by atoms with Crippen LogP contribution in [0.5, 0.6) is 0 Å². The highest BCUT2D eigenvalue weighted by molar-refractivity contribution is 7.17. The van der Waals surface area contributed by atoms with Crippen LogP contribution < -0.4 is 5.43 Å². The van der Waals surface area contributed by atoms with Crippen molar-refractivity contribution in [2.45, 2.75) is 13.5 Å². The summed E-state index contributed by atoms with van der Waals surface area (Å²) in [6.45, 7) is 2.16. The molecule has 1 aromatic carbocycles. The van der Waals surface area contributed by atoms with Gasteiger partial charge >= 0.3 is 5.97 Å². The minimum atomic E-state index is -0.330. The van der Waals surface area contributed by atoms with Crippen LogP contribution in [-0.4, -0.2) is 17.1 Å². The van der Waals surface area contributed by atoms with E-state index in [1.807, 2.05) is 24.3 Å². The van der Waals surface area contributed by atoms with Crippen LogP contribution in [0.25, 0.3) is 21.1 Å². The zero-order valence-corrected chi connectivity index (χ0v) is 11.8. The number of hydrogen-bond donors (Lipinski definition) is 0. The predicted molar refractivity (Wildman–Crippen MR) is 80.2 cm³/mol. The number of ether oxygens (including phenoxy) is 1. The smallest absolute Gasteiger partial charge is 0.325 e. The minimum Gasteiger partial charge on any atom is -0.465 e. The molecule has 3 aromatic rings. The highest BCUT2D eigenvalue weighted by Gasteiger charge is 2.15. The van der Waals surface area contributed by atoms with Crippen molar-refractivity contribution in [3.8, 4) is 0 Å². The van der Waals surface area contributed by atoms with Crippen LogP contribution in [0.4, 0.5) is 0 Å². The summed E-state index contributed by atoms with van der Waals surface area (Å²) >= 11 is 1.51. The van der Waals surface area contributed by atoms with E-state index in [2.05, 4.69) is 0 Å². The van der Waals surface area contributed by atoms with Crippen molar-refractivity contribution in [3.05, 3.63) is 45.9 Å². The molecule has 2 heterocycles. The maximum absolute atomic E-state index is 12.1. The summed E-state index contributed by atoms with van der Waals surface area (Å²) < 4.78 is 7.66. The quantitative estimate of drug-likeness (QED) is 0.696. The number of para-hydroxylation sites is 1.